The van der Waals surface area contributed by atoms with Crippen LogP contribution in [-0.2, 0) is 4.74 Å². The maximum atomic E-state index is 13.4. The van der Waals surface area contributed by atoms with Crippen LogP contribution in [0.2, 0.25) is 5.02 Å². The van der Waals surface area contributed by atoms with E-state index in [0.717, 1.165) is 5.69 Å². The predicted molar refractivity (Wildman–Crippen MR) is 78.2 cm³/mol. The molecule has 1 atom stereocenters. The molecule has 1 N–H and O–H groups in total. The molecular formula is C14H17ClFN3O. The van der Waals surface area contributed by atoms with Crippen LogP contribution in [0.5, 0.6) is 0 Å². The van der Waals surface area contributed by atoms with Gasteiger partial charge in [0.25, 0.3) is 0 Å². The Morgan fingerprint density at radius 1 is 1.50 bits per heavy atom. The molecule has 0 saturated heterocycles. The van der Waals surface area contributed by atoms with Crippen LogP contribution < -0.4 is 5.32 Å². The summed E-state index contributed by atoms with van der Waals surface area (Å²) in [5.41, 5.74) is 1.37. The van der Waals surface area contributed by atoms with Crippen LogP contribution >= 0.6 is 11.6 Å². The number of aryl methyl sites for hydroxylation is 1. The van der Waals surface area contributed by atoms with E-state index in [4.69, 9.17) is 16.3 Å². The average Bonchev–Trinajstić information content (AvgIpc) is 2.73. The lowest BCUT2D eigenvalue weighted by molar-refractivity contribution is 0.190. The standard InChI is InChI=1S/C14H17ClFN3O/c1-9-7-19(13-6-11(16)4-5-12(13)15)14(17-9)18-10(2)8-20-3/h4-7,10H,8H2,1-3H3,(H,17,18). The lowest BCUT2D eigenvalue weighted by atomic mass is 10.3. The van der Waals surface area contributed by atoms with Gasteiger partial charge in [0.05, 0.1) is 23.0 Å². The molecule has 0 bridgehead atoms. The van der Waals surface area contributed by atoms with E-state index < -0.39 is 0 Å². The normalized spacial score (nSPS) is 12.4. The van der Waals surface area contributed by atoms with Crippen molar-refractivity contribution in [1.29, 1.82) is 0 Å². The zero-order valence-electron chi connectivity index (χ0n) is 11.7. The summed E-state index contributed by atoms with van der Waals surface area (Å²) in [7, 11) is 1.64. The van der Waals surface area contributed by atoms with Crippen molar-refractivity contribution in [1.82, 2.24) is 9.55 Å². The third kappa shape index (κ3) is 3.29. The van der Waals surface area contributed by atoms with E-state index in [1.165, 1.54) is 18.2 Å². The van der Waals surface area contributed by atoms with Gasteiger partial charge in [-0.2, -0.15) is 0 Å². The van der Waals surface area contributed by atoms with Crippen molar-refractivity contribution in [2.24, 2.45) is 0 Å². The fourth-order valence-corrected chi connectivity index (χ4v) is 2.17. The number of methoxy groups -OCH3 is 1. The Bertz CT molecular complexity index is 600. The number of nitrogens with zero attached hydrogens (tertiary/aromatic N) is 2. The Hall–Kier alpha value is -1.59. The van der Waals surface area contributed by atoms with Gasteiger partial charge >= 0.3 is 0 Å². The summed E-state index contributed by atoms with van der Waals surface area (Å²) < 4.78 is 20.3. The molecule has 1 aromatic heterocycles. The first-order valence-electron chi connectivity index (χ1n) is 6.28. The Kier molecular flexibility index (Phi) is 4.62. The minimum Gasteiger partial charge on any atom is -0.383 e. The quantitative estimate of drug-likeness (QED) is 0.919. The van der Waals surface area contributed by atoms with Crippen molar-refractivity contribution in [3.05, 3.63) is 40.9 Å². The van der Waals surface area contributed by atoms with Gasteiger partial charge in [-0.3, -0.25) is 4.57 Å². The van der Waals surface area contributed by atoms with Crippen molar-refractivity contribution < 1.29 is 9.13 Å². The second-order valence-corrected chi connectivity index (χ2v) is 5.08. The largest absolute Gasteiger partial charge is 0.383 e. The molecule has 2 rings (SSSR count). The minimum absolute atomic E-state index is 0.0767. The Labute approximate surface area is 122 Å². The van der Waals surface area contributed by atoms with Gasteiger partial charge in [-0.05, 0) is 32.0 Å². The number of ether oxygens (including phenoxy) is 1. The second-order valence-electron chi connectivity index (χ2n) is 4.67. The molecule has 4 nitrogen and oxygen atoms in total. The van der Waals surface area contributed by atoms with Crippen molar-refractivity contribution in [2.75, 3.05) is 19.0 Å². The number of aromatic nitrogens is 2. The monoisotopic (exact) mass is 297 g/mol. The van der Waals surface area contributed by atoms with E-state index in [1.54, 1.807) is 11.7 Å². The summed E-state index contributed by atoms with van der Waals surface area (Å²) in [4.78, 5) is 4.40. The van der Waals surface area contributed by atoms with Gasteiger partial charge in [0.15, 0.2) is 0 Å². The molecular weight excluding hydrogens is 281 g/mol. The third-order valence-electron chi connectivity index (χ3n) is 2.79. The summed E-state index contributed by atoms with van der Waals surface area (Å²) in [5, 5.41) is 3.69. The number of benzene rings is 1. The first-order chi connectivity index (χ1) is 9.51. The fraction of sp³-hybridized carbons (Fsp3) is 0.357. The Morgan fingerprint density at radius 3 is 2.95 bits per heavy atom. The Balaban J connectivity index is 2.38. The average molecular weight is 298 g/mol. The van der Waals surface area contributed by atoms with Crippen molar-refractivity contribution in [3.63, 3.8) is 0 Å². The van der Waals surface area contributed by atoms with Crippen LogP contribution in [0.25, 0.3) is 5.69 Å². The van der Waals surface area contributed by atoms with E-state index in [1.807, 2.05) is 20.0 Å². The molecule has 6 heteroatoms. The summed E-state index contributed by atoms with van der Waals surface area (Å²) in [6.45, 7) is 4.39. The molecule has 1 unspecified atom stereocenters. The summed E-state index contributed by atoms with van der Waals surface area (Å²) in [6.07, 6.45) is 1.81. The maximum absolute atomic E-state index is 13.4. The van der Waals surface area contributed by atoms with Crippen molar-refractivity contribution in [3.8, 4) is 5.69 Å². The van der Waals surface area contributed by atoms with Gasteiger partial charge in [0.2, 0.25) is 5.95 Å². The smallest absolute Gasteiger partial charge is 0.208 e. The van der Waals surface area contributed by atoms with Crippen LogP contribution in [-0.4, -0.2) is 29.3 Å². The third-order valence-corrected chi connectivity index (χ3v) is 3.11. The van der Waals surface area contributed by atoms with E-state index in [9.17, 15) is 4.39 Å². The number of rotatable bonds is 5. The SMILES string of the molecule is COCC(C)Nc1nc(C)cn1-c1cc(F)ccc1Cl. The molecule has 1 aromatic carbocycles. The molecule has 108 valence electrons. The molecule has 0 fully saturated rings. The number of hydrogen-bond donors (Lipinski definition) is 1. The molecule has 0 aliphatic heterocycles. The summed E-state index contributed by atoms with van der Waals surface area (Å²) >= 11 is 6.14. The highest BCUT2D eigenvalue weighted by molar-refractivity contribution is 6.32. The Morgan fingerprint density at radius 2 is 2.25 bits per heavy atom. The number of anilines is 1. The van der Waals surface area contributed by atoms with Gasteiger partial charge < -0.3 is 10.1 Å². The van der Waals surface area contributed by atoms with Crippen molar-refractivity contribution >= 4 is 17.5 Å². The highest BCUT2D eigenvalue weighted by Gasteiger charge is 2.13. The topological polar surface area (TPSA) is 39.1 Å². The van der Waals surface area contributed by atoms with Gasteiger partial charge in [-0.25, -0.2) is 9.37 Å². The summed E-state index contributed by atoms with van der Waals surface area (Å²) in [5.74, 6) is 0.270. The molecule has 2 aromatic rings. The van der Waals surface area contributed by atoms with E-state index >= 15 is 0 Å². The predicted octanol–water partition coefficient (Wildman–Crippen LogP) is 3.42. The first-order valence-corrected chi connectivity index (χ1v) is 6.66. The first kappa shape index (κ1) is 14.8. The molecule has 0 radical (unpaired) electrons. The van der Waals surface area contributed by atoms with E-state index in [-0.39, 0.29) is 11.9 Å². The summed E-state index contributed by atoms with van der Waals surface area (Å²) in [6, 6.07) is 4.32. The fourth-order valence-electron chi connectivity index (χ4n) is 1.97. The van der Waals surface area contributed by atoms with Crippen LogP contribution in [0.1, 0.15) is 12.6 Å². The van der Waals surface area contributed by atoms with Crippen LogP contribution in [0.15, 0.2) is 24.4 Å². The van der Waals surface area contributed by atoms with E-state index in [2.05, 4.69) is 10.3 Å². The number of imidazole rings is 1. The van der Waals surface area contributed by atoms with Crippen molar-refractivity contribution in [2.45, 2.75) is 19.9 Å². The number of hydrogen-bond acceptors (Lipinski definition) is 3. The van der Waals surface area contributed by atoms with Gasteiger partial charge in [0.1, 0.15) is 5.82 Å². The van der Waals surface area contributed by atoms with Gasteiger partial charge in [-0.1, -0.05) is 11.6 Å². The van der Waals surface area contributed by atoms with Crippen LogP contribution in [0.4, 0.5) is 10.3 Å². The zero-order valence-corrected chi connectivity index (χ0v) is 12.4. The van der Waals surface area contributed by atoms with Crippen LogP contribution in [0.3, 0.4) is 0 Å². The zero-order chi connectivity index (χ0) is 14.7. The lowest BCUT2D eigenvalue weighted by Crippen LogP contribution is -2.23. The molecule has 0 saturated carbocycles. The number of nitrogens with one attached hydrogen (secondary N) is 1. The highest BCUT2D eigenvalue weighted by Crippen LogP contribution is 2.25. The second kappa shape index (κ2) is 6.24. The van der Waals surface area contributed by atoms with Gasteiger partial charge in [0, 0.05) is 19.3 Å². The molecule has 0 amide bonds. The molecule has 0 aliphatic carbocycles. The lowest BCUT2D eigenvalue weighted by Gasteiger charge is -2.15. The molecule has 20 heavy (non-hydrogen) atoms. The minimum atomic E-state index is -0.341. The number of halogens is 2. The van der Waals surface area contributed by atoms with E-state index in [0.29, 0.717) is 23.3 Å². The molecule has 1 heterocycles. The van der Waals surface area contributed by atoms with Crippen LogP contribution in [0, 0.1) is 12.7 Å². The maximum Gasteiger partial charge on any atom is 0.208 e. The van der Waals surface area contributed by atoms with Gasteiger partial charge in [-0.15, -0.1) is 0 Å². The molecule has 0 spiro atoms. The molecule has 0 aliphatic rings. The highest BCUT2D eigenvalue weighted by atomic mass is 35.5.